The smallest absolute Gasteiger partial charge is 0.244 e. The van der Waals surface area contributed by atoms with Crippen LogP contribution >= 0.6 is 15.9 Å². The average Bonchev–Trinajstić information content (AvgIpc) is 2.31. The summed E-state index contributed by atoms with van der Waals surface area (Å²) in [5.74, 6) is 0.290. The van der Waals surface area contributed by atoms with Gasteiger partial charge in [-0.05, 0) is 32.0 Å². The molecular formula is C11H16BrNO4S. The van der Waals surface area contributed by atoms with Crippen LogP contribution in [0.5, 0.6) is 5.75 Å². The predicted octanol–water partition coefficient (Wildman–Crippen LogP) is 1.51. The van der Waals surface area contributed by atoms with E-state index in [1.165, 1.54) is 6.07 Å². The van der Waals surface area contributed by atoms with Crippen molar-refractivity contribution in [1.82, 2.24) is 4.72 Å². The number of hydrogen-bond acceptors (Lipinski definition) is 4. The molecule has 0 amide bonds. The molecule has 0 aliphatic heterocycles. The molecule has 0 bridgehead atoms. The third kappa shape index (κ3) is 3.94. The summed E-state index contributed by atoms with van der Waals surface area (Å²) in [7, 11) is -3.71. The van der Waals surface area contributed by atoms with Gasteiger partial charge in [-0.15, -0.1) is 0 Å². The topological polar surface area (TPSA) is 75.6 Å². The number of benzene rings is 1. The van der Waals surface area contributed by atoms with Crippen LogP contribution in [0.25, 0.3) is 0 Å². The van der Waals surface area contributed by atoms with E-state index >= 15 is 0 Å². The summed E-state index contributed by atoms with van der Waals surface area (Å²) in [6, 6.07) is 4.21. The van der Waals surface area contributed by atoms with Gasteiger partial charge in [0, 0.05) is 10.5 Å². The van der Waals surface area contributed by atoms with E-state index in [2.05, 4.69) is 20.7 Å². The maximum Gasteiger partial charge on any atom is 0.244 e. The molecule has 102 valence electrons. The number of ether oxygens (including phenoxy) is 1. The molecule has 0 aliphatic carbocycles. The van der Waals surface area contributed by atoms with Crippen LogP contribution in [0.15, 0.2) is 27.6 Å². The van der Waals surface area contributed by atoms with Gasteiger partial charge in [-0.25, -0.2) is 13.1 Å². The van der Waals surface area contributed by atoms with Gasteiger partial charge < -0.3 is 9.84 Å². The van der Waals surface area contributed by atoms with E-state index < -0.39 is 16.1 Å². The Morgan fingerprint density at radius 3 is 2.72 bits per heavy atom. The number of aliphatic hydroxyl groups is 1. The molecule has 1 aromatic rings. The summed E-state index contributed by atoms with van der Waals surface area (Å²) in [4.78, 5) is 0.0547. The summed E-state index contributed by atoms with van der Waals surface area (Å²) in [6.07, 6.45) is 0. The molecule has 2 N–H and O–H groups in total. The standard InChI is InChI=1S/C11H16BrNO4S/c1-3-17-10-5-4-9(12)6-11(10)18(15,16)13-8(2)7-14/h4-6,8,13-14H,3,7H2,1-2H3/t8-/m0/s1. The fraction of sp³-hybridized carbons (Fsp3) is 0.455. The predicted molar refractivity (Wildman–Crippen MR) is 72.2 cm³/mol. The highest BCUT2D eigenvalue weighted by molar-refractivity contribution is 9.10. The van der Waals surface area contributed by atoms with Crippen molar-refractivity contribution in [2.75, 3.05) is 13.2 Å². The lowest BCUT2D eigenvalue weighted by molar-refractivity contribution is 0.265. The third-order valence-corrected chi connectivity index (χ3v) is 4.23. The van der Waals surface area contributed by atoms with Gasteiger partial charge in [0.25, 0.3) is 0 Å². The molecule has 1 aromatic carbocycles. The van der Waals surface area contributed by atoms with Crippen LogP contribution in [-0.2, 0) is 10.0 Å². The Bertz CT molecular complexity index is 504. The summed E-state index contributed by atoms with van der Waals surface area (Å²) >= 11 is 3.23. The average molecular weight is 338 g/mol. The molecule has 18 heavy (non-hydrogen) atoms. The molecule has 0 unspecified atom stereocenters. The molecule has 0 aliphatic rings. The van der Waals surface area contributed by atoms with Gasteiger partial charge in [0.2, 0.25) is 10.0 Å². The molecule has 0 aromatic heterocycles. The van der Waals surface area contributed by atoms with Crippen molar-refractivity contribution in [3.8, 4) is 5.75 Å². The molecule has 0 spiro atoms. The SMILES string of the molecule is CCOc1ccc(Br)cc1S(=O)(=O)N[C@@H](C)CO. The van der Waals surface area contributed by atoms with Crippen molar-refractivity contribution < 1.29 is 18.3 Å². The minimum atomic E-state index is -3.71. The highest BCUT2D eigenvalue weighted by Crippen LogP contribution is 2.27. The molecule has 1 rings (SSSR count). The summed E-state index contributed by atoms with van der Waals surface area (Å²) < 4.78 is 32.6. The van der Waals surface area contributed by atoms with E-state index in [0.717, 1.165) is 0 Å². The van der Waals surface area contributed by atoms with E-state index in [-0.39, 0.29) is 11.5 Å². The largest absolute Gasteiger partial charge is 0.492 e. The van der Waals surface area contributed by atoms with Gasteiger partial charge in [-0.2, -0.15) is 0 Å². The van der Waals surface area contributed by atoms with Crippen molar-refractivity contribution in [3.63, 3.8) is 0 Å². The van der Waals surface area contributed by atoms with Crippen molar-refractivity contribution in [1.29, 1.82) is 0 Å². The second-order valence-electron chi connectivity index (χ2n) is 3.73. The molecule has 5 nitrogen and oxygen atoms in total. The van der Waals surface area contributed by atoms with Crippen molar-refractivity contribution in [2.45, 2.75) is 24.8 Å². The van der Waals surface area contributed by atoms with Gasteiger partial charge in [-0.1, -0.05) is 15.9 Å². The molecule has 1 atom stereocenters. The monoisotopic (exact) mass is 337 g/mol. The second kappa shape index (κ2) is 6.51. The Balaban J connectivity index is 3.17. The minimum absolute atomic E-state index is 0.0547. The molecular weight excluding hydrogens is 322 g/mol. The van der Waals surface area contributed by atoms with Crippen LogP contribution in [0.1, 0.15) is 13.8 Å². The van der Waals surface area contributed by atoms with Crippen molar-refractivity contribution in [3.05, 3.63) is 22.7 Å². The van der Waals surface area contributed by atoms with E-state index in [1.807, 2.05) is 0 Å². The molecule has 7 heteroatoms. The zero-order valence-corrected chi connectivity index (χ0v) is 12.6. The number of nitrogens with one attached hydrogen (secondary N) is 1. The highest BCUT2D eigenvalue weighted by atomic mass is 79.9. The van der Waals surface area contributed by atoms with Gasteiger partial charge in [0.05, 0.1) is 13.2 Å². The zero-order chi connectivity index (χ0) is 13.8. The normalized spacial score (nSPS) is 13.3. The van der Waals surface area contributed by atoms with Gasteiger partial charge in [-0.3, -0.25) is 0 Å². The lowest BCUT2D eigenvalue weighted by Gasteiger charge is -2.15. The Morgan fingerprint density at radius 2 is 2.17 bits per heavy atom. The molecule has 0 radical (unpaired) electrons. The maximum absolute atomic E-state index is 12.1. The van der Waals surface area contributed by atoms with E-state index in [0.29, 0.717) is 16.8 Å². The quantitative estimate of drug-likeness (QED) is 0.824. The molecule has 0 saturated heterocycles. The number of halogens is 1. The van der Waals surface area contributed by atoms with E-state index in [9.17, 15) is 8.42 Å². The summed E-state index contributed by atoms with van der Waals surface area (Å²) in [5, 5.41) is 8.90. The lowest BCUT2D eigenvalue weighted by Crippen LogP contribution is -2.35. The first-order valence-corrected chi connectivity index (χ1v) is 7.74. The first-order chi connectivity index (χ1) is 8.40. The first-order valence-electron chi connectivity index (χ1n) is 5.46. The summed E-state index contributed by atoms with van der Waals surface area (Å²) in [5.41, 5.74) is 0. The Morgan fingerprint density at radius 1 is 1.50 bits per heavy atom. The second-order valence-corrected chi connectivity index (χ2v) is 6.33. The fourth-order valence-electron chi connectivity index (χ4n) is 1.33. The summed E-state index contributed by atoms with van der Waals surface area (Å²) in [6.45, 7) is 3.47. The van der Waals surface area contributed by atoms with Crippen LogP contribution < -0.4 is 9.46 Å². The Hall–Kier alpha value is -0.630. The number of sulfonamides is 1. The Kier molecular flexibility index (Phi) is 5.58. The van der Waals surface area contributed by atoms with Crippen LogP contribution in [-0.4, -0.2) is 32.8 Å². The molecule has 0 heterocycles. The first kappa shape index (κ1) is 15.4. The molecule has 0 fully saturated rings. The Labute approximate surface area is 115 Å². The van der Waals surface area contributed by atoms with Crippen molar-refractivity contribution in [2.24, 2.45) is 0 Å². The minimum Gasteiger partial charge on any atom is -0.492 e. The number of rotatable bonds is 6. The zero-order valence-electron chi connectivity index (χ0n) is 10.2. The lowest BCUT2D eigenvalue weighted by atomic mass is 10.3. The van der Waals surface area contributed by atoms with Crippen molar-refractivity contribution >= 4 is 26.0 Å². The van der Waals surface area contributed by atoms with E-state index in [1.54, 1.807) is 26.0 Å². The van der Waals surface area contributed by atoms with Crippen LogP contribution in [0.3, 0.4) is 0 Å². The third-order valence-electron chi connectivity index (χ3n) is 2.13. The maximum atomic E-state index is 12.1. The number of aliphatic hydroxyl groups excluding tert-OH is 1. The fourth-order valence-corrected chi connectivity index (χ4v) is 3.25. The highest BCUT2D eigenvalue weighted by Gasteiger charge is 2.21. The number of hydrogen-bond donors (Lipinski definition) is 2. The van der Waals surface area contributed by atoms with Crippen LogP contribution in [0.2, 0.25) is 0 Å². The van der Waals surface area contributed by atoms with Crippen LogP contribution in [0, 0.1) is 0 Å². The van der Waals surface area contributed by atoms with Gasteiger partial charge in [0.15, 0.2) is 0 Å². The molecule has 0 saturated carbocycles. The van der Waals surface area contributed by atoms with Gasteiger partial charge in [0.1, 0.15) is 10.6 Å². The van der Waals surface area contributed by atoms with Crippen LogP contribution in [0.4, 0.5) is 0 Å². The van der Waals surface area contributed by atoms with E-state index in [4.69, 9.17) is 9.84 Å². The van der Waals surface area contributed by atoms with Gasteiger partial charge >= 0.3 is 0 Å².